The molecule has 0 saturated carbocycles. The van der Waals surface area contributed by atoms with Crippen molar-refractivity contribution >= 4 is 17.4 Å². The van der Waals surface area contributed by atoms with E-state index < -0.39 is 0 Å². The minimum Gasteiger partial charge on any atom is -0.310 e. The molecule has 1 N–H and O–H groups in total. The number of nitrogens with zero attached hydrogens (tertiary/aromatic N) is 3. The molecule has 1 atom stereocenters. The zero-order valence-corrected chi connectivity index (χ0v) is 8.91. The van der Waals surface area contributed by atoms with Gasteiger partial charge in [0.2, 0.25) is 5.78 Å². The number of hydrogen-bond donors (Lipinski definition) is 1. The van der Waals surface area contributed by atoms with Gasteiger partial charge < -0.3 is 5.32 Å². The molecule has 78 valence electrons. The van der Waals surface area contributed by atoms with Crippen LogP contribution < -0.4 is 5.32 Å². The molecule has 0 bridgehead atoms. The van der Waals surface area contributed by atoms with Gasteiger partial charge in [-0.25, -0.2) is 9.97 Å². The molecular formula is C10H11ClN4. The first kappa shape index (κ1) is 9.12. The lowest BCUT2D eigenvalue weighted by Gasteiger charge is -2.09. The third kappa shape index (κ3) is 1.50. The molecule has 3 rings (SSSR count). The minimum atomic E-state index is 0.417. The van der Waals surface area contributed by atoms with Crippen LogP contribution in [0, 0.1) is 0 Å². The van der Waals surface area contributed by atoms with E-state index in [2.05, 4.69) is 15.3 Å². The van der Waals surface area contributed by atoms with E-state index in [1.54, 1.807) is 6.20 Å². The Balaban J connectivity index is 2.08. The first-order valence-corrected chi connectivity index (χ1v) is 5.44. The number of rotatable bonds is 1. The van der Waals surface area contributed by atoms with Gasteiger partial charge in [0, 0.05) is 24.0 Å². The maximum absolute atomic E-state index is 5.99. The lowest BCUT2D eigenvalue weighted by atomic mass is 10.1. The number of hydrogen-bond acceptors (Lipinski definition) is 3. The van der Waals surface area contributed by atoms with E-state index in [1.807, 2.05) is 16.8 Å². The molecule has 0 aromatic carbocycles. The van der Waals surface area contributed by atoms with Crippen molar-refractivity contribution in [1.82, 2.24) is 19.7 Å². The summed E-state index contributed by atoms with van der Waals surface area (Å²) < 4.78 is 1.82. The van der Waals surface area contributed by atoms with Gasteiger partial charge in [0.25, 0.3) is 0 Å². The average molecular weight is 223 g/mol. The van der Waals surface area contributed by atoms with Gasteiger partial charge in [-0.2, -0.15) is 0 Å². The van der Waals surface area contributed by atoms with Crippen molar-refractivity contribution in [2.75, 3.05) is 6.54 Å². The molecule has 1 unspecified atom stereocenters. The summed E-state index contributed by atoms with van der Waals surface area (Å²) in [6, 6.07) is 0.417. The third-order valence-corrected chi connectivity index (χ3v) is 3.08. The highest BCUT2D eigenvalue weighted by molar-refractivity contribution is 6.29. The van der Waals surface area contributed by atoms with Crippen molar-refractivity contribution in [3.8, 4) is 0 Å². The van der Waals surface area contributed by atoms with Crippen molar-refractivity contribution in [2.24, 2.45) is 0 Å². The standard InChI is InChI=1S/C10H11ClN4/c11-9-5-14-10-13-4-7(6-15(9)10)8-2-1-3-12-8/h4-6,8,12H,1-3H2. The Bertz CT molecular complexity index is 487. The molecule has 1 fully saturated rings. The summed E-state index contributed by atoms with van der Waals surface area (Å²) in [4.78, 5) is 8.36. The molecule has 1 aliphatic rings. The molecule has 0 amide bonds. The van der Waals surface area contributed by atoms with Crippen LogP contribution in [0.2, 0.25) is 5.15 Å². The minimum absolute atomic E-state index is 0.417. The van der Waals surface area contributed by atoms with E-state index in [9.17, 15) is 0 Å². The Morgan fingerprint density at radius 3 is 3.07 bits per heavy atom. The lowest BCUT2D eigenvalue weighted by Crippen LogP contribution is -2.13. The molecule has 4 nitrogen and oxygen atoms in total. The summed E-state index contributed by atoms with van der Waals surface area (Å²) in [6.45, 7) is 1.08. The van der Waals surface area contributed by atoms with Crippen molar-refractivity contribution in [3.63, 3.8) is 0 Å². The molecule has 2 aromatic heterocycles. The van der Waals surface area contributed by atoms with Crippen molar-refractivity contribution in [3.05, 3.63) is 29.3 Å². The Morgan fingerprint density at radius 2 is 2.27 bits per heavy atom. The summed E-state index contributed by atoms with van der Waals surface area (Å²) in [5, 5.41) is 4.04. The predicted molar refractivity (Wildman–Crippen MR) is 58.0 cm³/mol. The van der Waals surface area contributed by atoms with Gasteiger partial charge in [0.1, 0.15) is 5.15 Å². The van der Waals surface area contributed by atoms with E-state index in [0.717, 1.165) is 6.54 Å². The average Bonchev–Trinajstić information content (AvgIpc) is 2.88. The second-order valence-corrected chi connectivity index (χ2v) is 4.17. The molecule has 3 heterocycles. The van der Waals surface area contributed by atoms with Crippen LogP contribution in [-0.4, -0.2) is 20.9 Å². The maximum Gasteiger partial charge on any atom is 0.234 e. The van der Waals surface area contributed by atoms with Gasteiger partial charge >= 0.3 is 0 Å². The van der Waals surface area contributed by atoms with Gasteiger partial charge in [-0.1, -0.05) is 11.6 Å². The number of aromatic nitrogens is 3. The highest BCUT2D eigenvalue weighted by Gasteiger charge is 2.17. The van der Waals surface area contributed by atoms with Gasteiger partial charge in [0.05, 0.1) is 6.20 Å². The van der Waals surface area contributed by atoms with E-state index in [1.165, 1.54) is 18.4 Å². The fourth-order valence-electron chi connectivity index (χ4n) is 2.01. The van der Waals surface area contributed by atoms with Gasteiger partial charge in [-0.05, 0) is 19.4 Å². The molecule has 1 aliphatic heterocycles. The lowest BCUT2D eigenvalue weighted by molar-refractivity contribution is 0.640. The van der Waals surface area contributed by atoms with Gasteiger partial charge in [-0.15, -0.1) is 0 Å². The molecule has 5 heteroatoms. The topological polar surface area (TPSA) is 42.2 Å². The van der Waals surface area contributed by atoms with Crippen LogP contribution in [0.5, 0.6) is 0 Å². The summed E-state index contributed by atoms with van der Waals surface area (Å²) >= 11 is 5.99. The van der Waals surface area contributed by atoms with Crippen molar-refractivity contribution in [2.45, 2.75) is 18.9 Å². The molecular weight excluding hydrogens is 212 g/mol. The SMILES string of the molecule is Clc1cnc2ncc(C3CCCN3)cn12. The van der Waals surface area contributed by atoms with Crippen LogP contribution in [0.25, 0.3) is 5.78 Å². The number of nitrogens with one attached hydrogen (secondary N) is 1. The van der Waals surface area contributed by atoms with Crippen LogP contribution in [0.15, 0.2) is 18.6 Å². The summed E-state index contributed by atoms with van der Waals surface area (Å²) in [5.41, 5.74) is 1.18. The Morgan fingerprint density at radius 1 is 1.40 bits per heavy atom. The van der Waals surface area contributed by atoms with Crippen LogP contribution in [0.3, 0.4) is 0 Å². The molecule has 0 spiro atoms. The van der Waals surface area contributed by atoms with Crippen molar-refractivity contribution in [1.29, 1.82) is 0 Å². The second kappa shape index (κ2) is 3.47. The first-order chi connectivity index (χ1) is 7.34. The zero-order chi connectivity index (χ0) is 10.3. The van der Waals surface area contributed by atoms with E-state index in [-0.39, 0.29) is 0 Å². The summed E-state index contributed by atoms with van der Waals surface area (Å²) in [5.74, 6) is 0.654. The molecule has 15 heavy (non-hydrogen) atoms. The van der Waals surface area contributed by atoms with Gasteiger partial charge in [0.15, 0.2) is 0 Å². The summed E-state index contributed by atoms with van der Waals surface area (Å²) in [6.07, 6.45) is 7.90. The Kier molecular flexibility index (Phi) is 2.11. The third-order valence-electron chi connectivity index (χ3n) is 2.80. The Hall–Kier alpha value is -1.13. The van der Waals surface area contributed by atoms with Crippen molar-refractivity contribution < 1.29 is 0 Å². The number of halogens is 1. The van der Waals surface area contributed by atoms with E-state index in [4.69, 9.17) is 11.6 Å². The smallest absolute Gasteiger partial charge is 0.234 e. The van der Waals surface area contributed by atoms with Crippen LogP contribution in [0.1, 0.15) is 24.4 Å². The molecule has 1 saturated heterocycles. The van der Waals surface area contributed by atoms with Gasteiger partial charge in [-0.3, -0.25) is 4.40 Å². The normalized spacial score (nSPS) is 21.3. The quantitative estimate of drug-likeness (QED) is 0.800. The summed E-state index contributed by atoms with van der Waals surface area (Å²) in [7, 11) is 0. The van der Waals surface area contributed by atoms with E-state index >= 15 is 0 Å². The molecule has 0 aliphatic carbocycles. The zero-order valence-electron chi connectivity index (χ0n) is 8.15. The number of fused-ring (bicyclic) bond motifs is 1. The molecule has 0 radical (unpaired) electrons. The van der Waals surface area contributed by atoms with E-state index in [0.29, 0.717) is 17.0 Å². The highest BCUT2D eigenvalue weighted by atomic mass is 35.5. The first-order valence-electron chi connectivity index (χ1n) is 5.06. The van der Waals surface area contributed by atoms with Crippen LogP contribution >= 0.6 is 11.6 Å². The largest absolute Gasteiger partial charge is 0.310 e. The predicted octanol–water partition coefficient (Wildman–Crippen LogP) is 1.81. The van der Waals surface area contributed by atoms with Crippen LogP contribution in [0.4, 0.5) is 0 Å². The Labute approximate surface area is 92.3 Å². The number of imidazole rings is 1. The fraction of sp³-hybridized carbons (Fsp3) is 0.400. The maximum atomic E-state index is 5.99. The monoisotopic (exact) mass is 222 g/mol. The second-order valence-electron chi connectivity index (χ2n) is 3.79. The van der Waals surface area contributed by atoms with Crippen LogP contribution in [-0.2, 0) is 0 Å². The molecule has 2 aromatic rings. The highest BCUT2D eigenvalue weighted by Crippen LogP contribution is 2.23. The fourth-order valence-corrected chi connectivity index (χ4v) is 2.18.